The monoisotopic (exact) mass is 444 g/mol. The molecule has 1 unspecified atom stereocenters. The first kappa shape index (κ1) is 22.4. The number of nitrogens with zero attached hydrogens (tertiary/aromatic N) is 6. The topological polar surface area (TPSA) is 107 Å². The molecule has 0 aromatic carbocycles. The SMILES string of the molecule is COCC(=O)N1CCCCC1c1nnc2n1CCN(C(=O)CCc1c(C)noc1C)CC2. The van der Waals surface area contributed by atoms with Crippen molar-refractivity contribution in [2.45, 2.75) is 65.0 Å². The Morgan fingerprint density at radius 3 is 2.69 bits per heavy atom. The number of carbonyl (C=O) groups is 2. The molecule has 2 aliphatic rings. The average molecular weight is 445 g/mol. The van der Waals surface area contributed by atoms with Crippen LogP contribution in [-0.2, 0) is 33.7 Å². The van der Waals surface area contributed by atoms with Crippen molar-refractivity contribution in [2.24, 2.45) is 0 Å². The Hall–Kier alpha value is -2.75. The van der Waals surface area contributed by atoms with E-state index < -0.39 is 0 Å². The summed E-state index contributed by atoms with van der Waals surface area (Å²) >= 11 is 0. The maximum Gasteiger partial charge on any atom is 0.249 e. The van der Waals surface area contributed by atoms with Crippen molar-refractivity contribution in [2.75, 3.05) is 33.4 Å². The van der Waals surface area contributed by atoms with Gasteiger partial charge in [-0.15, -0.1) is 10.2 Å². The van der Waals surface area contributed by atoms with Crippen LogP contribution in [0.3, 0.4) is 0 Å². The molecule has 2 aliphatic heterocycles. The summed E-state index contributed by atoms with van der Waals surface area (Å²) in [7, 11) is 1.54. The minimum absolute atomic E-state index is 0.0145. The van der Waals surface area contributed by atoms with E-state index in [-0.39, 0.29) is 24.5 Å². The Balaban J connectivity index is 1.42. The van der Waals surface area contributed by atoms with Gasteiger partial charge in [0.25, 0.3) is 0 Å². The molecular weight excluding hydrogens is 412 g/mol. The molecule has 10 nitrogen and oxygen atoms in total. The molecule has 0 bridgehead atoms. The van der Waals surface area contributed by atoms with Gasteiger partial charge < -0.3 is 23.6 Å². The molecule has 174 valence electrons. The number of hydrogen-bond donors (Lipinski definition) is 0. The Morgan fingerprint density at radius 2 is 1.94 bits per heavy atom. The first-order valence-corrected chi connectivity index (χ1v) is 11.4. The van der Waals surface area contributed by atoms with Gasteiger partial charge in [-0.05, 0) is 39.5 Å². The maximum atomic E-state index is 12.9. The third-order valence-electron chi connectivity index (χ3n) is 6.57. The number of methoxy groups -OCH3 is 1. The predicted octanol–water partition coefficient (Wildman–Crippen LogP) is 1.60. The number of ether oxygens (including phenoxy) is 1. The van der Waals surface area contributed by atoms with Crippen LogP contribution in [-0.4, -0.2) is 74.9 Å². The van der Waals surface area contributed by atoms with E-state index in [4.69, 9.17) is 9.26 Å². The number of aryl methyl sites for hydroxylation is 2. The van der Waals surface area contributed by atoms with Crippen molar-refractivity contribution in [3.05, 3.63) is 28.7 Å². The van der Waals surface area contributed by atoms with Crippen LogP contribution in [0.1, 0.15) is 60.4 Å². The smallest absolute Gasteiger partial charge is 0.249 e. The number of aromatic nitrogens is 4. The molecule has 0 N–H and O–H groups in total. The molecule has 1 atom stereocenters. The highest BCUT2D eigenvalue weighted by Gasteiger charge is 2.33. The molecule has 1 saturated heterocycles. The second kappa shape index (κ2) is 9.81. The van der Waals surface area contributed by atoms with Gasteiger partial charge in [0, 0.05) is 51.7 Å². The largest absolute Gasteiger partial charge is 0.375 e. The van der Waals surface area contributed by atoms with Crippen LogP contribution in [0.4, 0.5) is 0 Å². The van der Waals surface area contributed by atoms with E-state index in [9.17, 15) is 9.59 Å². The van der Waals surface area contributed by atoms with Crippen LogP contribution in [0.25, 0.3) is 0 Å². The van der Waals surface area contributed by atoms with Crippen molar-refractivity contribution in [3.8, 4) is 0 Å². The highest BCUT2D eigenvalue weighted by molar-refractivity contribution is 5.78. The third-order valence-corrected chi connectivity index (χ3v) is 6.57. The lowest BCUT2D eigenvalue weighted by molar-refractivity contribution is -0.139. The van der Waals surface area contributed by atoms with Gasteiger partial charge >= 0.3 is 0 Å². The molecule has 2 aromatic heterocycles. The summed E-state index contributed by atoms with van der Waals surface area (Å²) < 4.78 is 12.4. The van der Waals surface area contributed by atoms with Gasteiger partial charge in [-0.3, -0.25) is 9.59 Å². The summed E-state index contributed by atoms with van der Waals surface area (Å²) in [4.78, 5) is 29.3. The molecule has 2 amide bonds. The van der Waals surface area contributed by atoms with Crippen molar-refractivity contribution >= 4 is 11.8 Å². The lowest BCUT2D eigenvalue weighted by Crippen LogP contribution is -2.41. The predicted molar refractivity (Wildman–Crippen MR) is 115 cm³/mol. The van der Waals surface area contributed by atoms with Gasteiger partial charge in [0.15, 0.2) is 5.82 Å². The average Bonchev–Trinajstić information content (AvgIpc) is 3.26. The van der Waals surface area contributed by atoms with E-state index >= 15 is 0 Å². The van der Waals surface area contributed by atoms with Crippen molar-refractivity contribution < 1.29 is 18.8 Å². The molecule has 0 saturated carbocycles. The molecule has 0 spiro atoms. The first-order valence-electron chi connectivity index (χ1n) is 11.4. The molecule has 1 fully saturated rings. The quantitative estimate of drug-likeness (QED) is 0.666. The number of likely N-dealkylation sites (tertiary alicyclic amines) is 1. The minimum Gasteiger partial charge on any atom is -0.375 e. The van der Waals surface area contributed by atoms with Crippen molar-refractivity contribution in [1.82, 2.24) is 29.7 Å². The minimum atomic E-state index is -0.0885. The lowest BCUT2D eigenvalue weighted by atomic mass is 10.0. The van der Waals surface area contributed by atoms with Crippen LogP contribution >= 0.6 is 0 Å². The molecular formula is C22H32N6O4. The van der Waals surface area contributed by atoms with E-state index in [1.54, 1.807) is 0 Å². The zero-order valence-corrected chi connectivity index (χ0v) is 19.2. The summed E-state index contributed by atoms with van der Waals surface area (Å²) in [6.07, 6.45) is 4.62. The molecule has 32 heavy (non-hydrogen) atoms. The van der Waals surface area contributed by atoms with Crippen LogP contribution < -0.4 is 0 Å². The summed E-state index contributed by atoms with van der Waals surface area (Å²) in [6, 6.07) is -0.0885. The number of piperidine rings is 1. The van der Waals surface area contributed by atoms with Crippen LogP contribution in [0.5, 0.6) is 0 Å². The number of hydrogen-bond acceptors (Lipinski definition) is 7. The molecule has 4 heterocycles. The number of fused-ring (bicyclic) bond motifs is 1. The fraction of sp³-hybridized carbons (Fsp3) is 0.682. The van der Waals surface area contributed by atoms with E-state index in [0.29, 0.717) is 45.4 Å². The normalized spacial score (nSPS) is 19.0. The van der Waals surface area contributed by atoms with E-state index in [2.05, 4.69) is 19.9 Å². The zero-order chi connectivity index (χ0) is 22.7. The van der Waals surface area contributed by atoms with Crippen LogP contribution in [0.2, 0.25) is 0 Å². The zero-order valence-electron chi connectivity index (χ0n) is 19.2. The number of rotatable bonds is 6. The standard InChI is InChI=1S/C22H32N6O4/c1-15-17(16(2)32-25-15)7-8-20(29)26-11-9-19-23-24-22(28(19)13-12-26)18-6-4-5-10-27(18)21(30)14-31-3/h18H,4-14H2,1-3H3. The molecule has 10 heteroatoms. The molecule has 0 aliphatic carbocycles. The Kier molecular flexibility index (Phi) is 6.88. The Morgan fingerprint density at radius 1 is 1.09 bits per heavy atom. The second-order valence-corrected chi connectivity index (χ2v) is 8.59. The molecule has 2 aromatic rings. The van der Waals surface area contributed by atoms with Gasteiger partial charge in [0.05, 0.1) is 11.7 Å². The van der Waals surface area contributed by atoms with Gasteiger partial charge in [0.1, 0.15) is 18.2 Å². The lowest BCUT2D eigenvalue weighted by Gasteiger charge is -2.35. The van der Waals surface area contributed by atoms with Gasteiger partial charge in [-0.2, -0.15) is 0 Å². The number of amides is 2. The van der Waals surface area contributed by atoms with E-state index in [1.165, 1.54) is 7.11 Å². The molecule has 0 radical (unpaired) electrons. The van der Waals surface area contributed by atoms with E-state index in [0.717, 1.165) is 47.9 Å². The third kappa shape index (κ3) is 4.55. The Bertz CT molecular complexity index is 948. The van der Waals surface area contributed by atoms with Crippen LogP contribution in [0, 0.1) is 13.8 Å². The fourth-order valence-electron chi connectivity index (χ4n) is 4.79. The molecule has 4 rings (SSSR count). The van der Waals surface area contributed by atoms with Gasteiger partial charge in [0.2, 0.25) is 11.8 Å². The summed E-state index contributed by atoms with van der Waals surface area (Å²) in [5.74, 6) is 2.60. The highest BCUT2D eigenvalue weighted by atomic mass is 16.5. The highest BCUT2D eigenvalue weighted by Crippen LogP contribution is 2.31. The second-order valence-electron chi connectivity index (χ2n) is 8.59. The van der Waals surface area contributed by atoms with Gasteiger partial charge in [-0.25, -0.2) is 0 Å². The summed E-state index contributed by atoms with van der Waals surface area (Å²) in [5, 5.41) is 12.9. The Labute approximate surface area is 187 Å². The van der Waals surface area contributed by atoms with E-state index in [1.807, 2.05) is 23.6 Å². The van der Waals surface area contributed by atoms with Crippen molar-refractivity contribution in [1.29, 1.82) is 0 Å². The number of carbonyl (C=O) groups excluding carboxylic acids is 2. The maximum absolute atomic E-state index is 12.9. The fourth-order valence-corrected chi connectivity index (χ4v) is 4.79. The first-order chi connectivity index (χ1) is 15.5. The van der Waals surface area contributed by atoms with Crippen LogP contribution in [0.15, 0.2) is 4.52 Å². The van der Waals surface area contributed by atoms with Crippen molar-refractivity contribution in [3.63, 3.8) is 0 Å². The summed E-state index contributed by atoms with van der Waals surface area (Å²) in [5.41, 5.74) is 1.87. The van der Waals surface area contributed by atoms with Gasteiger partial charge in [-0.1, -0.05) is 5.16 Å². The summed E-state index contributed by atoms with van der Waals surface area (Å²) in [6.45, 7) is 6.43.